The molecule has 0 radical (unpaired) electrons. The van der Waals surface area contributed by atoms with Crippen LogP contribution in [0.4, 0.5) is 0 Å². The van der Waals surface area contributed by atoms with Gasteiger partial charge in [-0.25, -0.2) is 0 Å². The number of carbonyl (C=O) groups excluding carboxylic acids is 1. The first-order chi connectivity index (χ1) is 5.04. The lowest BCUT2D eigenvalue weighted by atomic mass is 9.98. The summed E-state index contributed by atoms with van der Waals surface area (Å²) >= 11 is 0. The van der Waals surface area contributed by atoms with Gasteiger partial charge in [0, 0.05) is 6.42 Å². The number of piperidine rings is 1. The van der Waals surface area contributed by atoms with Crippen LogP contribution in [-0.4, -0.2) is 30.6 Å². The summed E-state index contributed by atoms with van der Waals surface area (Å²) in [5, 5.41) is 2.98. The molecule has 1 aliphatic rings. The van der Waals surface area contributed by atoms with E-state index in [0.717, 1.165) is 12.8 Å². The van der Waals surface area contributed by atoms with E-state index in [1.54, 1.807) is 0 Å². The molecule has 1 fully saturated rings. The zero-order valence-corrected chi connectivity index (χ0v) is 7.48. The van der Waals surface area contributed by atoms with E-state index < -0.39 is 0 Å². The highest BCUT2D eigenvalue weighted by Crippen LogP contribution is 2.20. The first-order valence-corrected chi connectivity index (χ1v) is 4.03. The van der Waals surface area contributed by atoms with Gasteiger partial charge in [0.2, 0.25) is 5.91 Å². The van der Waals surface area contributed by atoms with E-state index in [9.17, 15) is 4.79 Å². The molecule has 3 heteroatoms. The van der Waals surface area contributed by atoms with Crippen molar-refractivity contribution in [3.8, 4) is 0 Å². The third kappa shape index (κ3) is 1.71. The summed E-state index contributed by atoms with van der Waals surface area (Å²) in [6, 6.07) is 0. The highest BCUT2D eigenvalue weighted by atomic mass is 16.2. The summed E-state index contributed by atoms with van der Waals surface area (Å²) in [7, 11) is 3.98. The quantitative estimate of drug-likeness (QED) is 0.601. The van der Waals surface area contributed by atoms with Crippen LogP contribution < -0.4 is 5.32 Å². The van der Waals surface area contributed by atoms with Gasteiger partial charge in [0.25, 0.3) is 0 Å². The van der Waals surface area contributed by atoms with Gasteiger partial charge in [-0.3, -0.25) is 9.69 Å². The summed E-state index contributed by atoms with van der Waals surface area (Å²) in [5.41, 5.74) is -0.116. The van der Waals surface area contributed by atoms with Gasteiger partial charge in [0.05, 0.1) is 5.66 Å². The van der Waals surface area contributed by atoms with Crippen molar-refractivity contribution in [3.05, 3.63) is 0 Å². The molecule has 0 aromatic heterocycles. The summed E-state index contributed by atoms with van der Waals surface area (Å²) in [5.74, 6) is 0.174. The second-order valence-corrected chi connectivity index (χ2v) is 3.57. The molecule has 0 aromatic carbocycles. The fourth-order valence-electron chi connectivity index (χ4n) is 1.35. The minimum absolute atomic E-state index is 0.116. The van der Waals surface area contributed by atoms with Crippen LogP contribution in [0.2, 0.25) is 0 Å². The number of amides is 1. The minimum Gasteiger partial charge on any atom is -0.338 e. The van der Waals surface area contributed by atoms with Gasteiger partial charge in [-0.2, -0.15) is 0 Å². The Morgan fingerprint density at radius 3 is 2.55 bits per heavy atom. The lowest BCUT2D eigenvalue weighted by Gasteiger charge is -2.40. The molecule has 0 bridgehead atoms. The predicted octanol–water partition coefficient (Wildman–Crippen LogP) is 0.564. The molecule has 1 amide bonds. The lowest BCUT2D eigenvalue weighted by molar-refractivity contribution is -0.127. The monoisotopic (exact) mass is 156 g/mol. The van der Waals surface area contributed by atoms with Crippen molar-refractivity contribution < 1.29 is 4.79 Å². The van der Waals surface area contributed by atoms with Crippen molar-refractivity contribution >= 4 is 5.91 Å². The van der Waals surface area contributed by atoms with Gasteiger partial charge in [-0.1, -0.05) is 0 Å². The Hall–Kier alpha value is -0.570. The van der Waals surface area contributed by atoms with E-state index in [-0.39, 0.29) is 11.6 Å². The predicted molar refractivity (Wildman–Crippen MR) is 44.1 cm³/mol. The number of hydrogen-bond acceptors (Lipinski definition) is 2. The van der Waals surface area contributed by atoms with Crippen LogP contribution in [0.1, 0.15) is 26.2 Å². The molecule has 1 N–H and O–H groups in total. The van der Waals surface area contributed by atoms with Gasteiger partial charge in [0.15, 0.2) is 0 Å². The van der Waals surface area contributed by atoms with Crippen molar-refractivity contribution in [2.45, 2.75) is 31.8 Å². The normalized spacial score (nSPS) is 32.2. The fraction of sp³-hybridized carbons (Fsp3) is 0.875. The molecular formula is C8H16N2O. The highest BCUT2D eigenvalue weighted by Gasteiger charge is 2.31. The van der Waals surface area contributed by atoms with Crippen LogP contribution in [0.25, 0.3) is 0 Å². The first kappa shape index (κ1) is 8.53. The molecule has 11 heavy (non-hydrogen) atoms. The summed E-state index contributed by atoms with van der Waals surface area (Å²) in [6.45, 7) is 2.06. The Bertz CT molecular complexity index is 167. The maximum Gasteiger partial charge on any atom is 0.221 e. The van der Waals surface area contributed by atoms with Crippen molar-refractivity contribution in [2.75, 3.05) is 14.1 Å². The number of nitrogens with one attached hydrogen (secondary N) is 1. The molecule has 1 unspecified atom stereocenters. The molecule has 0 aromatic rings. The Morgan fingerprint density at radius 1 is 1.55 bits per heavy atom. The molecule has 0 aliphatic carbocycles. The van der Waals surface area contributed by atoms with E-state index in [1.807, 2.05) is 14.1 Å². The zero-order chi connectivity index (χ0) is 8.48. The van der Waals surface area contributed by atoms with E-state index in [0.29, 0.717) is 6.42 Å². The Kier molecular flexibility index (Phi) is 2.18. The van der Waals surface area contributed by atoms with E-state index >= 15 is 0 Å². The topological polar surface area (TPSA) is 32.3 Å². The summed E-state index contributed by atoms with van der Waals surface area (Å²) < 4.78 is 0. The smallest absolute Gasteiger partial charge is 0.221 e. The third-order valence-electron chi connectivity index (χ3n) is 2.46. The minimum atomic E-state index is -0.116. The van der Waals surface area contributed by atoms with E-state index in [2.05, 4.69) is 17.1 Å². The molecule has 3 nitrogen and oxygen atoms in total. The summed E-state index contributed by atoms with van der Waals surface area (Å²) in [4.78, 5) is 13.1. The number of rotatable bonds is 1. The second kappa shape index (κ2) is 2.81. The van der Waals surface area contributed by atoms with Crippen molar-refractivity contribution in [2.24, 2.45) is 0 Å². The molecule has 1 saturated heterocycles. The molecule has 64 valence electrons. The largest absolute Gasteiger partial charge is 0.338 e. The van der Waals surface area contributed by atoms with Crippen LogP contribution >= 0.6 is 0 Å². The van der Waals surface area contributed by atoms with Crippen molar-refractivity contribution in [1.29, 1.82) is 0 Å². The highest BCUT2D eigenvalue weighted by molar-refractivity contribution is 5.77. The van der Waals surface area contributed by atoms with E-state index in [1.165, 1.54) is 0 Å². The van der Waals surface area contributed by atoms with Gasteiger partial charge in [-0.15, -0.1) is 0 Å². The Balaban J connectivity index is 2.62. The average molecular weight is 156 g/mol. The molecule has 1 aliphatic heterocycles. The molecule has 1 atom stereocenters. The molecule has 1 rings (SSSR count). The Morgan fingerprint density at radius 2 is 2.18 bits per heavy atom. The number of nitrogens with zero attached hydrogens (tertiary/aromatic N) is 1. The summed E-state index contributed by atoms with van der Waals surface area (Å²) in [6.07, 6.45) is 2.73. The number of hydrogen-bond donors (Lipinski definition) is 1. The van der Waals surface area contributed by atoms with Gasteiger partial charge >= 0.3 is 0 Å². The lowest BCUT2D eigenvalue weighted by Crippen LogP contribution is -2.57. The SMILES string of the molecule is CN(C)C1(C)CCCC(=O)N1. The van der Waals surface area contributed by atoms with Crippen LogP contribution in [-0.2, 0) is 4.79 Å². The first-order valence-electron chi connectivity index (χ1n) is 4.03. The standard InChI is InChI=1S/C8H16N2O/c1-8(10(2)3)6-4-5-7(11)9-8/h4-6H2,1-3H3,(H,9,11). The molecular weight excluding hydrogens is 140 g/mol. The van der Waals surface area contributed by atoms with Crippen molar-refractivity contribution in [3.63, 3.8) is 0 Å². The van der Waals surface area contributed by atoms with Crippen LogP contribution in [0.3, 0.4) is 0 Å². The molecule has 0 spiro atoms. The van der Waals surface area contributed by atoms with Gasteiger partial charge in [-0.05, 0) is 33.9 Å². The van der Waals surface area contributed by atoms with Crippen molar-refractivity contribution in [1.82, 2.24) is 10.2 Å². The Labute approximate surface area is 67.8 Å². The van der Waals surface area contributed by atoms with E-state index in [4.69, 9.17) is 0 Å². The average Bonchev–Trinajstić information content (AvgIpc) is 1.86. The number of carbonyl (C=O) groups is 1. The third-order valence-corrected chi connectivity index (χ3v) is 2.46. The van der Waals surface area contributed by atoms with Crippen LogP contribution in [0.5, 0.6) is 0 Å². The van der Waals surface area contributed by atoms with Crippen LogP contribution in [0, 0.1) is 0 Å². The van der Waals surface area contributed by atoms with Crippen LogP contribution in [0.15, 0.2) is 0 Å². The van der Waals surface area contributed by atoms with Gasteiger partial charge < -0.3 is 5.32 Å². The fourth-order valence-corrected chi connectivity index (χ4v) is 1.35. The maximum absolute atomic E-state index is 11.0. The molecule has 1 heterocycles. The zero-order valence-electron chi connectivity index (χ0n) is 7.48. The second-order valence-electron chi connectivity index (χ2n) is 3.57. The molecule has 0 saturated carbocycles. The van der Waals surface area contributed by atoms with Gasteiger partial charge in [0.1, 0.15) is 0 Å². The maximum atomic E-state index is 11.0.